The third-order valence-electron chi connectivity index (χ3n) is 4.73. The lowest BCUT2D eigenvalue weighted by atomic mass is 9.94. The van der Waals surface area contributed by atoms with Gasteiger partial charge in [-0.2, -0.15) is 0 Å². The lowest BCUT2D eigenvalue weighted by molar-refractivity contribution is -0.410. The highest BCUT2D eigenvalue weighted by Gasteiger charge is 2.31. The molecular formula is C32H68O8. The van der Waals surface area contributed by atoms with Gasteiger partial charge in [-0.1, -0.05) is 0 Å². The first kappa shape index (κ1) is 41.8. The molecule has 0 aromatic heterocycles. The molecule has 0 atom stereocenters. The van der Waals surface area contributed by atoms with E-state index in [1.54, 1.807) is 0 Å². The van der Waals surface area contributed by atoms with Crippen LogP contribution in [0.2, 0.25) is 0 Å². The van der Waals surface area contributed by atoms with Crippen LogP contribution in [0.15, 0.2) is 0 Å². The van der Waals surface area contributed by atoms with Crippen molar-refractivity contribution in [2.75, 3.05) is 0 Å². The molecule has 0 aliphatic rings. The summed E-state index contributed by atoms with van der Waals surface area (Å²) in [6, 6.07) is 0. The van der Waals surface area contributed by atoms with E-state index in [4.69, 9.17) is 39.1 Å². The summed E-state index contributed by atoms with van der Waals surface area (Å²) < 4.78 is 0. The van der Waals surface area contributed by atoms with Gasteiger partial charge >= 0.3 is 0 Å². The van der Waals surface area contributed by atoms with Crippen molar-refractivity contribution < 1.29 is 39.1 Å². The van der Waals surface area contributed by atoms with Crippen LogP contribution in [0.4, 0.5) is 0 Å². The Morgan fingerprint density at radius 1 is 0.225 bits per heavy atom. The molecule has 0 fully saturated rings. The summed E-state index contributed by atoms with van der Waals surface area (Å²) >= 11 is 0. The summed E-state index contributed by atoms with van der Waals surface area (Å²) in [5.41, 5.74) is -2.69. The van der Waals surface area contributed by atoms with Crippen LogP contribution in [0.5, 0.6) is 0 Å². The van der Waals surface area contributed by atoms with Crippen LogP contribution >= 0.6 is 0 Å². The Morgan fingerprint density at radius 2 is 0.350 bits per heavy atom. The summed E-state index contributed by atoms with van der Waals surface area (Å²) in [6.45, 7) is 39.7. The zero-order chi connectivity index (χ0) is 32.5. The molecule has 0 aliphatic heterocycles. The van der Waals surface area contributed by atoms with E-state index in [1.165, 1.54) is 0 Å². The molecule has 0 rings (SSSR count). The van der Waals surface area contributed by atoms with Crippen molar-refractivity contribution in [3.63, 3.8) is 0 Å². The molecule has 40 heavy (non-hydrogen) atoms. The fraction of sp³-hybridized carbons (Fsp3) is 1.00. The topological polar surface area (TPSA) is 73.8 Å². The first-order chi connectivity index (χ1) is 17.2. The maximum absolute atomic E-state index is 5.54. The summed E-state index contributed by atoms with van der Waals surface area (Å²) in [5, 5.41) is 0. The number of rotatable bonds is 14. The van der Waals surface area contributed by atoms with Crippen LogP contribution in [0.25, 0.3) is 0 Å². The first-order valence-corrected chi connectivity index (χ1v) is 14.7. The smallest absolute Gasteiger partial charge is 0.0981 e. The third-order valence-corrected chi connectivity index (χ3v) is 4.73. The van der Waals surface area contributed by atoms with E-state index in [-0.39, 0.29) is 44.8 Å². The van der Waals surface area contributed by atoms with Gasteiger partial charge in [0.2, 0.25) is 0 Å². The van der Waals surface area contributed by atoms with Gasteiger partial charge in [0.25, 0.3) is 0 Å². The van der Waals surface area contributed by atoms with Gasteiger partial charge in [-0.15, -0.1) is 0 Å². The normalized spacial score (nSPS) is 14.7. The molecule has 8 heteroatoms. The third kappa shape index (κ3) is 29.2. The minimum absolute atomic E-state index is 0.307. The van der Waals surface area contributed by atoms with Gasteiger partial charge in [0.1, 0.15) is 0 Å². The van der Waals surface area contributed by atoms with Crippen LogP contribution in [0, 0.1) is 0 Å². The highest BCUT2D eigenvalue weighted by Crippen LogP contribution is 2.29. The summed E-state index contributed by atoms with van der Waals surface area (Å²) in [5.74, 6) is 0. The minimum atomic E-state index is -0.365. The molecule has 0 bridgehead atoms. The van der Waals surface area contributed by atoms with Crippen LogP contribution in [0.1, 0.15) is 164 Å². The van der Waals surface area contributed by atoms with E-state index in [1.807, 2.05) is 138 Å². The van der Waals surface area contributed by atoms with E-state index in [9.17, 15) is 0 Å². The van der Waals surface area contributed by atoms with Crippen molar-refractivity contribution >= 4 is 0 Å². The quantitative estimate of drug-likeness (QED) is 0.148. The van der Waals surface area contributed by atoms with Gasteiger partial charge in [0.05, 0.1) is 44.8 Å². The molecule has 0 aromatic rings. The second-order valence-corrected chi connectivity index (χ2v) is 17.2. The summed E-state index contributed by atoms with van der Waals surface area (Å²) in [7, 11) is 0. The second kappa shape index (κ2) is 15.4. The van der Waals surface area contributed by atoms with Crippen molar-refractivity contribution in [2.45, 2.75) is 209 Å². The van der Waals surface area contributed by atoms with Crippen molar-refractivity contribution in [3.05, 3.63) is 0 Å². The molecule has 0 unspecified atom stereocenters. The molecule has 244 valence electrons. The maximum atomic E-state index is 5.54. The fourth-order valence-electron chi connectivity index (χ4n) is 2.32. The lowest BCUT2D eigenvalue weighted by Gasteiger charge is -2.33. The summed E-state index contributed by atoms with van der Waals surface area (Å²) in [6.07, 6.45) is 3.24. The molecule has 0 saturated heterocycles. The molecule has 0 N–H and O–H groups in total. The van der Waals surface area contributed by atoms with E-state index in [2.05, 4.69) is 0 Å². The van der Waals surface area contributed by atoms with Gasteiger partial charge in [-0.25, -0.2) is 39.1 Å². The Hall–Kier alpha value is -0.320. The lowest BCUT2D eigenvalue weighted by Crippen LogP contribution is -2.35. The van der Waals surface area contributed by atoms with E-state index < -0.39 is 0 Å². The van der Waals surface area contributed by atoms with Crippen molar-refractivity contribution in [3.8, 4) is 0 Å². The van der Waals surface area contributed by atoms with E-state index in [0.717, 1.165) is 25.7 Å². The zero-order valence-electron chi connectivity index (χ0n) is 30.1. The molecule has 0 aromatic carbocycles. The Kier molecular flexibility index (Phi) is 16.1. The van der Waals surface area contributed by atoms with Crippen molar-refractivity contribution in [1.29, 1.82) is 0 Å². The second-order valence-electron chi connectivity index (χ2n) is 17.2. The van der Waals surface area contributed by atoms with Crippen LogP contribution in [-0.4, -0.2) is 44.8 Å². The predicted octanol–water partition coefficient (Wildman–Crippen LogP) is 9.63. The van der Waals surface area contributed by atoms with Gasteiger partial charge < -0.3 is 0 Å². The van der Waals surface area contributed by atoms with Gasteiger partial charge in [-0.05, 0) is 164 Å². The molecule has 0 spiro atoms. The predicted molar refractivity (Wildman–Crippen MR) is 162 cm³/mol. The monoisotopic (exact) mass is 580 g/mol. The van der Waals surface area contributed by atoms with Gasteiger partial charge in [0, 0.05) is 0 Å². The largest absolute Gasteiger partial charge is 0.230 e. The van der Waals surface area contributed by atoms with Crippen molar-refractivity contribution in [2.24, 2.45) is 0 Å². The molecule has 0 aliphatic carbocycles. The first-order valence-electron chi connectivity index (χ1n) is 14.7. The average molecular weight is 581 g/mol. The Bertz CT molecular complexity index is 564. The van der Waals surface area contributed by atoms with Crippen molar-refractivity contribution in [1.82, 2.24) is 0 Å². The number of hydrogen-bond donors (Lipinski definition) is 0. The SMILES string of the molecule is CC(C)(C)OOC(C)(C)CCC(C)(C)OOC(C)(C)C.CC(C)(C)OOC(C)(C)CCC(C)(C)OOC(C)(C)C. The average Bonchev–Trinajstić information content (AvgIpc) is 2.71. The maximum Gasteiger partial charge on any atom is 0.0981 e. The zero-order valence-corrected chi connectivity index (χ0v) is 30.1. The van der Waals surface area contributed by atoms with E-state index >= 15 is 0 Å². The minimum Gasteiger partial charge on any atom is -0.230 e. The molecule has 0 radical (unpaired) electrons. The Labute approximate surface area is 248 Å². The Morgan fingerprint density at radius 3 is 0.450 bits per heavy atom. The highest BCUT2D eigenvalue weighted by atomic mass is 17.2. The fourth-order valence-corrected chi connectivity index (χ4v) is 2.32. The molecular weight excluding hydrogens is 512 g/mol. The van der Waals surface area contributed by atoms with E-state index in [0.29, 0.717) is 0 Å². The van der Waals surface area contributed by atoms with Crippen LogP contribution in [-0.2, 0) is 39.1 Å². The molecule has 0 heterocycles. The van der Waals surface area contributed by atoms with Gasteiger partial charge in [-0.3, -0.25) is 0 Å². The van der Waals surface area contributed by atoms with Gasteiger partial charge in [0.15, 0.2) is 0 Å². The van der Waals surface area contributed by atoms with Crippen LogP contribution in [0.3, 0.4) is 0 Å². The highest BCUT2D eigenvalue weighted by molar-refractivity contribution is 4.76. The standard InChI is InChI=1S/2C16H34O4/c2*1-13(2,3)17-19-15(7,8)11-12-16(9,10)20-18-14(4,5)6/h2*11-12H2,1-10H3. The van der Waals surface area contributed by atoms with Crippen LogP contribution < -0.4 is 0 Å². The Balaban J connectivity index is 0. The summed E-state index contributed by atoms with van der Waals surface area (Å²) in [4.78, 5) is 43.8. The molecule has 8 nitrogen and oxygen atoms in total. The molecule has 0 saturated carbocycles. The molecule has 0 amide bonds. The number of hydrogen-bond acceptors (Lipinski definition) is 8.